The van der Waals surface area contributed by atoms with Gasteiger partial charge in [0.25, 0.3) is 11.7 Å². The van der Waals surface area contributed by atoms with Crippen molar-refractivity contribution >= 4 is 49.7 Å². The van der Waals surface area contributed by atoms with Gasteiger partial charge in [-0.25, -0.2) is 4.98 Å². The molecule has 2 aliphatic heterocycles. The summed E-state index contributed by atoms with van der Waals surface area (Å²) in [5.74, 6) is -6.01. The number of allylic oxidation sites excluding steroid dienone is 2. The third-order valence-corrected chi connectivity index (χ3v) is 10.9. The van der Waals surface area contributed by atoms with Gasteiger partial charge in [0.15, 0.2) is 5.75 Å². The van der Waals surface area contributed by atoms with Crippen molar-refractivity contribution in [3.8, 4) is 17.2 Å². The number of thiazole rings is 1. The highest BCUT2D eigenvalue weighted by atomic mass is 32.1. The van der Waals surface area contributed by atoms with Crippen LogP contribution in [0.3, 0.4) is 0 Å². The van der Waals surface area contributed by atoms with Gasteiger partial charge in [0, 0.05) is 54.2 Å². The Balaban J connectivity index is 1.67. The second-order valence-electron chi connectivity index (χ2n) is 13.3. The van der Waals surface area contributed by atoms with Crippen LogP contribution in [-0.4, -0.2) is 79.5 Å². The van der Waals surface area contributed by atoms with Crippen molar-refractivity contribution in [2.75, 3.05) is 12.4 Å². The standard InChI is InChI=1S/C36H44N2O10S/c1-15-10-9-11-16(2)35(45)38-26-31(43)23-22(25-33(26)49-14-37-25)24-32(20(6)30(23)42)48-36(7,34(24)44)47-13-12-21(46-8)17(3)28(40)19(5)29(41)18(4)27(15)39/h9-15,17-19,21,27-29,39-43H,1-8H3,(H,38,45)/b10-9+,13-12+,16-11-. The number of methoxy groups -OCH3 is 1. The number of rotatable bonds is 1. The first-order valence-electron chi connectivity index (χ1n) is 16.1. The third kappa shape index (κ3) is 6.18. The van der Waals surface area contributed by atoms with Gasteiger partial charge < -0.3 is 45.1 Å². The fourth-order valence-electron chi connectivity index (χ4n) is 6.67. The molecule has 0 fully saturated rings. The quantitative estimate of drug-likeness (QED) is 0.186. The number of ether oxygens (including phenoxy) is 3. The van der Waals surface area contributed by atoms with E-state index in [-0.39, 0.29) is 50.2 Å². The number of anilines is 1. The molecule has 3 aromatic rings. The largest absolute Gasteiger partial charge is 0.507 e. The molecule has 3 heterocycles. The molecular weight excluding hydrogens is 652 g/mol. The molecule has 264 valence electrons. The van der Waals surface area contributed by atoms with Crippen LogP contribution < -0.4 is 10.1 Å². The van der Waals surface area contributed by atoms with Gasteiger partial charge in [-0.1, -0.05) is 45.9 Å². The van der Waals surface area contributed by atoms with Crippen molar-refractivity contribution < 1.29 is 49.3 Å². The Hall–Kier alpha value is -4.01. The summed E-state index contributed by atoms with van der Waals surface area (Å²) >= 11 is 1.13. The average molecular weight is 697 g/mol. The number of ketones is 1. The Labute approximate surface area is 288 Å². The van der Waals surface area contributed by atoms with Crippen molar-refractivity contribution in [1.29, 1.82) is 0 Å². The first-order chi connectivity index (χ1) is 23.0. The van der Waals surface area contributed by atoms with Gasteiger partial charge in [0.2, 0.25) is 0 Å². The number of Topliss-reactive ketones (excluding diaryl/α,β-unsaturated/α-hetero) is 1. The van der Waals surface area contributed by atoms with Crippen LogP contribution in [0.1, 0.15) is 57.5 Å². The Kier molecular flexibility index (Phi) is 10.2. The summed E-state index contributed by atoms with van der Waals surface area (Å²) in [5.41, 5.74) is 2.29. The van der Waals surface area contributed by atoms with E-state index in [2.05, 4.69) is 10.3 Å². The molecule has 0 radical (unpaired) electrons. The van der Waals surface area contributed by atoms with Crippen LogP contribution in [0.5, 0.6) is 17.2 Å². The van der Waals surface area contributed by atoms with Crippen molar-refractivity contribution in [3.05, 3.63) is 52.8 Å². The van der Waals surface area contributed by atoms with Crippen molar-refractivity contribution in [1.82, 2.24) is 4.98 Å². The zero-order valence-corrected chi connectivity index (χ0v) is 29.5. The fourth-order valence-corrected chi connectivity index (χ4v) is 7.47. The Morgan fingerprint density at radius 1 is 0.939 bits per heavy atom. The molecule has 4 bridgehead atoms. The van der Waals surface area contributed by atoms with Crippen LogP contribution in [-0.2, 0) is 14.3 Å². The molecule has 1 amide bonds. The number of hydrogen-bond donors (Lipinski definition) is 6. The van der Waals surface area contributed by atoms with E-state index >= 15 is 0 Å². The summed E-state index contributed by atoms with van der Waals surface area (Å²) in [7, 11) is 1.46. The van der Waals surface area contributed by atoms with E-state index in [1.165, 1.54) is 38.8 Å². The normalized spacial score (nSPS) is 34.0. The number of amides is 1. The average Bonchev–Trinajstić information content (AvgIpc) is 3.67. The summed E-state index contributed by atoms with van der Waals surface area (Å²) in [6.45, 7) is 11.5. The number of carbonyl (C=O) groups is 2. The van der Waals surface area contributed by atoms with E-state index in [0.717, 1.165) is 11.3 Å². The number of phenols is 2. The van der Waals surface area contributed by atoms with Crippen molar-refractivity contribution in [2.45, 2.75) is 78.7 Å². The lowest BCUT2D eigenvalue weighted by molar-refractivity contribution is -0.112. The van der Waals surface area contributed by atoms with Gasteiger partial charge >= 0.3 is 5.79 Å². The summed E-state index contributed by atoms with van der Waals surface area (Å²) in [6.07, 6.45) is 3.85. The van der Waals surface area contributed by atoms with Crippen LogP contribution in [0, 0.1) is 30.6 Å². The van der Waals surface area contributed by atoms with Crippen LogP contribution in [0.25, 0.3) is 21.0 Å². The molecule has 2 aromatic carbocycles. The highest BCUT2D eigenvalue weighted by Crippen LogP contribution is 2.54. The molecule has 0 spiro atoms. The number of benzene rings is 2. The lowest BCUT2D eigenvalue weighted by Gasteiger charge is -2.36. The number of nitrogens with one attached hydrogen (secondary N) is 1. The van der Waals surface area contributed by atoms with Gasteiger partial charge in [-0.05, 0) is 19.9 Å². The minimum Gasteiger partial charge on any atom is -0.507 e. The molecule has 13 heteroatoms. The lowest BCUT2D eigenvalue weighted by atomic mass is 9.78. The number of aliphatic hydroxyl groups excluding tert-OH is 3. The summed E-state index contributed by atoms with van der Waals surface area (Å²) < 4.78 is 18.0. The molecule has 9 atom stereocenters. The van der Waals surface area contributed by atoms with E-state index in [9.17, 15) is 35.1 Å². The number of aromatic hydroxyl groups is 2. The number of aromatic nitrogens is 1. The predicted molar refractivity (Wildman–Crippen MR) is 186 cm³/mol. The molecule has 0 saturated heterocycles. The van der Waals surface area contributed by atoms with Gasteiger partial charge in [-0.2, -0.15) is 0 Å². The molecule has 0 aliphatic carbocycles. The summed E-state index contributed by atoms with van der Waals surface area (Å²) in [6, 6.07) is 0. The molecule has 9 unspecified atom stereocenters. The third-order valence-electron chi connectivity index (χ3n) is 10.0. The number of fused-ring (bicyclic) bond motifs is 1. The fraction of sp³-hybridized carbons (Fsp3) is 0.472. The highest BCUT2D eigenvalue weighted by molar-refractivity contribution is 7.17. The number of aliphatic hydroxyl groups is 3. The zero-order chi connectivity index (χ0) is 36.1. The molecular formula is C36H44N2O10S. The Bertz CT molecular complexity index is 1880. The molecule has 0 saturated carbocycles. The van der Waals surface area contributed by atoms with Gasteiger partial charge in [-0.15, -0.1) is 11.3 Å². The number of phenolic OH excluding ortho intramolecular Hbond substituents is 2. The minimum absolute atomic E-state index is 0.0202. The van der Waals surface area contributed by atoms with Gasteiger partial charge in [0.05, 0.1) is 57.4 Å². The van der Waals surface area contributed by atoms with Crippen molar-refractivity contribution in [3.63, 3.8) is 0 Å². The van der Waals surface area contributed by atoms with Crippen LogP contribution in [0.2, 0.25) is 0 Å². The van der Waals surface area contributed by atoms with Crippen molar-refractivity contribution in [2.24, 2.45) is 23.7 Å². The van der Waals surface area contributed by atoms with Crippen LogP contribution in [0.4, 0.5) is 5.69 Å². The second-order valence-corrected chi connectivity index (χ2v) is 14.2. The lowest BCUT2D eigenvalue weighted by Crippen LogP contribution is -2.44. The topological polar surface area (TPSA) is 188 Å². The van der Waals surface area contributed by atoms with Gasteiger partial charge in [-0.3, -0.25) is 9.59 Å². The predicted octanol–water partition coefficient (Wildman–Crippen LogP) is 5.09. The summed E-state index contributed by atoms with van der Waals surface area (Å²) in [5, 5.41) is 59.3. The number of nitrogens with zero attached hydrogens (tertiary/aromatic N) is 1. The van der Waals surface area contributed by atoms with Crippen LogP contribution >= 0.6 is 11.3 Å². The summed E-state index contributed by atoms with van der Waals surface area (Å²) in [4.78, 5) is 31.9. The highest BCUT2D eigenvalue weighted by Gasteiger charge is 2.49. The van der Waals surface area contributed by atoms with E-state index in [0.29, 0.717) is 4.70 Å². The monoisotopic (exact) mass is 696 g/mol. The number of carbonyl (C=O) groups excluding carboxylic acids is 2. The maximum absolute atomic E-state index is 14.1. The molecule has 12 nitrogen and oxygen atoms in total. The molecule has 5 rings (SSSR count). The molecule has 49 heavy (non-hydrogen) atoms. The van der Waals surface area contributed by atoms with E-state index in [1.807, 2.05) is 0 Å². The van der Waals surface area contributed by atoms with E-state index < -0.39 is 71.3 Å². The zero-order valence-electron chi connectivity index (χ0n) is 28.7. The van der Waals surface area contributed by atoms with E-state index in [1.54, 1.807) is 52.8 Å². The first-order valence-corrected chi connectivity index (χ1v) is 17.0. The Morgan fingerprint density at radius 3 is 2.27 bits per heavy atom. The van der Waals surface area contributed by atoms with E-state index in [4.69, 9.17) is 14.2 Å². The Morgan fingerprint density at radius 2 is 1.59 bits per heavy atom. The van der Waals surface area contributed by atoms with Crippen LogP contribution in [0.15, 0.2) is 41.6 Å². The second kappa shape index (κ2) is 13.7. The van der Waals surface area contributed by atoms with Gasteiger partial charge in [0.1, 0.15) is 17.2 Å². The molecule has 6 N–H and O–H groups in total. The molecule has 1 aromatic heterocycles. The number of hydrogen-bond acceptors (Lipinski definition) is 12. The molecule has 2 aliphatic rings. The SMILES string of the molecule is COC1/C=C/OC2(C)Oc3c(C)c(O)c4c(O)c(c5scnc5c4c3C2=O)NC(=O)/C(C)=C\C=C\C(C)C(O)C(C)C(O)C(C)C(O)C1C. The maximum Gasteiger partial charge on any atom is 0.312 e. The first kappa shape index (κ1) is 36.3. The maximum atomic E-state index is 14.1. The smallest absolute Gasteiger partial charge is 0.312 e. The minimum atomic E-state index is -1.88.